The van der Waals surface area contributed by atoms with Crippen molar-refractivity contribution in [1.29, 1.82) is 0 Å². The van der Waals surface area contributed by atoms with Crippen LogP contribution >= 0.6 is 11.6 Å². The van der Waals surface area contributed by atoms with E-state index in [1.54, 1.807) is 18.5 Å². The maximum Gasteiger partial charge on any atom is 0.337 e. The summed E-state index contributed by atoms with van der Waals surface area (Å²) in [5.41, 5.74) is 0.990. The van der Waals surface area contributed by atoms with Gasteiger partial charge >= 0.3 is 5.97 Å². The highest BCUT2D eigenvalue weighted by Gasteiger charge is 2.18. The van der Waals surface area contributed by atoms with Gasteiger partial charge in [-0.15, -0.1) is 0 Å². The van der Waals surface area contributed by atoms with E-state index in [-0.39, 0.29) is 10.6 Å². The van der Waals surface area contributed by atoms with Crippen LogP contribution in [0.15, 0.2) is 30.9 Å². The Morgan fingerprint density at radius 1 is 1.26 bits per heavy atom. The molecule has 0 amide bonds. The van der Waals surface area contributed by atoms with Crippen molar-refractivity contribution in [2.75, 3.05) is 0 Å². The predicted molar refractivity (Wildman–Crippen MR) is 69.1 cm³/mol. The Balaban J connectivity index is 2.31. The monoisotopic (exact) mass is 274 g/mol. The molecule has 94 valence electrons. The van der Waals surface area contributed by atoms with E-state index in [0.29, 0.717) is 22.4 Å². The molecule has 3 heterocycles. The van der Waals surface area contributed by atoms with E-state index in [1.807, 2.05) is 0 Å². The summed E-state index contributed by atoms with van der Waals surface area (Å²) in [4.78, 5) is 26.2. The third-order valence-corrected chi connectivity index (χ3v) is 3.07. The van der Waals surface area contributed by atoms with Crippen molar-refractivity contribution in [3.63, 3.8) is 0 Å². The molecule has 3 rings (SSSR count). The fourth-order valence-corrected chi connectivity index (χ4v) is 2.14. The van der Waals surface area contributed by atoms with Crippen LogP contribution in [0.25, 0.3) is 22.4 Å². The number of nitrogens with one attached hydrogen (secondary N) is 1. The van der Waals surface area contributed by atoms with Crippen LogP contribution in [-0.2, 0) is 0 Å². The highest BCUT2D eigenvalue weighted by Crippen LogP contribution is 2.32. The zero-order valence-corrected chi connectivity index (χ0v) is 10.2. The van der Waals surface area contributed by atoms with Gasteiger partial charge in [-0.1, -0.05) is 11.6 Å². The van der Waals surface area contributed by atoms with Gasteiger partial charge in [0.25, 0.3) is 0 Å². The third kappa shape index (κ3) is 1.82. The van der Waals surface area contributed by atoms with E-state index < -0.39 is 5.97 Å². The first kappa shape index (κ1) is 11.6. The number of H-pyrrole nitrogens is 1. The molecule has 0 aliphatic rings. The molecule has 0 radical (unpaired) electrons. The number of hydrogen-bond donors (Lipinski definition) is 2. The quantitative estimate of drug-likeness (QED) is 0.748. The van der Waals surface area contributed by atoms with Crippen molar-refractivity contribution in [3.8, 4) is 11.4 Å². The molecule has 0 bridgehead atoms. The Bertz CT molecular complexity index is 770. The number of aromatic nitrogens is 4. The maximum absolute atomic E-state index is 11.1. The minimum absolute atomic E-state index is 0.0743. The summed E-state index contributed by atoms with van der Waals surface area (Å²) in [6.45, 7) is 0. The fourth-order valence-electron chi connectivity index (χ4n) is 1.82. The molecule has 0 aliphatic heterocycles. The van der Waals surface area contributed by atoms with Crippen molar-refractivity contribution in [2.24, 2.45) is 0 Å². The zero-order chi connectivity index (χ0) is 13.4. The third-order valence-electron chi connectivity index (χ3n) is 2.68. The molecule has 2 N–H and O–H groups in total. The molecular weight excluding hydrogens is 268 g/mol. The Morgan fingerprint density at radius 2 is 2.00 bits per heavy atom. The lowest BCUT2D eigenvalue weighted by Crippen LogP contribution is -1.96. The summed E-state index contributed by atoms with van der Waals surface area (Å²) in [6, 6.07) is 1.68. The maximum atomic E-state index is 11.1. The van der Waals surface area contributed by atoms with Crippen molar-refractivity contribution < 1.29 is 9.90 Å². The first-order valence-electron chi connectivity index (χ1n) is 5.34. The van der Waals surface area contributed by atoms with Gasteiger partial charge in [0.2, 0.25) is 0 Å². The van der Waals surface area contributed by atoms with Gasteiger partial charge in [0.1, 0.15) is 5.65 Å². The number of halogens is 1. The van der Waals surface area contributed by atoms with Crippen LogP contribution in [0.5, 0.6) is 0 Å². The number of carbonyl (C=O) groups is 1. The van der Waals surface area contributed by atoms with Crippen molar-refractivity contribution >= 4 is 28.6 Å². The molecule has 0 atom stereocenters. The van der Waals surface area contributed by atoms with Crippen molar-refractivity contribution in [1.82, 2.24) is 19.9 Å². The van der Waals surface area contributed by atoms with Gasteiger partial charge in [-0.2, -0.15) is 0 Å². The Hall–Kier alpha value is -2.47. The van der Waals surface area contributed by atoms with Crippen LogP contribution in [0.1, 0.15) is 10.4 Å². The number of fused-ring (bicyclic) bond motifs is 1. The average Bonchev–Trinajstić information content (AvgIpc) is 2.85. The Kier molecular flexibility index (Phi) is 2.64. The Labute approximate surface area is 112 Å². The summed E-state index contributed by atoms with van der Waals surface area (Å²) in [7, 11) is 0. The van der Waals surface area contributed by atoms with E-state index in [0.717, 1.165) is 0 Å². The first-order valence-corrected chi connectivity index (χ1v) is 5.72. The van der Waals surface area contributed by atoms with E-state index >= 15 is 0 Å². The molecule has 19 heavy (non-hydrogen) atoms. The van der Waals surface area contributed by atoms with Crippen LogP contribution in [0.2, 0.25) is 5.02 Å². The summed E-state index contributed by atoms with van der Waals surface area (Å²) >= 11 is 6.26. The highest BCUT2D eigenvalue weighted by atomic mass is 35.5. The Morgan fingerprint density at radius 3 is 2.68 bits per heavy atom. The van der Waals surface area contributed by atoms with E-state index in [4.69, 9.17) is 16.7 Å². The van der Waals surface area contributed by atoms with Crippen LogP contribution in [0, 0.1) is 0 Å². The number of carboxylic acid groups (broad SMARTS) is 1. The molecule has 0 saturated heterocycles. The van der Waals surface area contributed by atoms with Crippen LogP contribution in [-0.4, -0.2) is 31.0 Å². The lowest BCUT2D eigenvalue weighted by molar-refractivity contribution is 0.0699. The number of carboxylic acids is 1. The summed E-state index contributed by atoms with van der Waals surface area (Å²) in [5, 5.41) is 9.75. The number of pyridine rings is 1. The standard InChI is InChI=1S/C12H7ClN4O2/c13-9-7(10-14-2-1-3-15-10)5-17-11-8(9)6(4-16-11)12(18)19/h1-5H,(H,16,17)(H,18,19). The second-order valence-electron chi connectivity index (χ2n) is 3.79. The van der Waals surface area contributed by atoms with Gasteiger partial charge in [-0.05, 0) is 6.07 Å². The molecule has 3 aromatic heterocycles. The topological polar surface area (TPSA) is 91.8 Å². The second-order valence-corrected chi connectivity index (χ2v) is 4.17. The van der Waals surface area contributed by atoms with Gasteiger partial charge in [-0.25, -0.2) is 19.7 Å². The SMILES string of the molecule is O=C(O)c1c[nH]c2ncc(-c3ncccn3)c(Cl)c12. The lowest BCUT2D eigenvalue weighted by Gasteiger charge is -2.03. The molecule has 3 aromatic rings. The molecule has 0 fully saturated rings. The number of rotatable bonds is 2. The highest BCUT2D eigenvalue weighted by molar-refractivity contribution is 6.39. The van der Waals surface area contributed by atoms with Gasteiger partial charge in [0.05, 0.1) is 21.5 Å². The van der Waals surface area contributed by atoms with E-state index in [9.17, 15) is 4.79 Å². The molecular formula is C12H7ClN4O2. The van der Waals surface area contributed by atoms with Gasteiger partial charge in [-0.3, -0.25) is 0 Å². The summed E-state index contributed by atoms with van der Waals surface area (Å²) < 4.78 is 0. The minimum Gasteiger partial charge on any atom is -0.478 e. The molecule has 0 aromatic carbocycles. The smallest absolute Gasteiger partial charge is 0.337 e. The van der Waals surface area contributed by atoms with Gasteiger partial charge < -0.3 is 10.1 Å². The molecule has 0 saturated carbocycles. The predicted octanol–water partition coefficient (Wildman–Crippen LogP) is 2.37. The number of hydrogen-bond acceptors (Lipinski definition) is 4. The lowest BCUT2D eigenvalue weighted by atomic mass is 10.1. The van der Waals surface area contributed by atoms with E-state index in [2.05, 4.69) is 19.9 Å². The molecule has 0 aliphatic carbocycles. The average molecular weight is 275 g/mol. The minimum atomic E-state index is -1.07. The van der Waals surface area contributed by atoms with Crippen molar-refractivity contribution in [2.45, 2.75) is 0 Å². The van der Waals surface area contributed by atoms with Crippen molar-refractivity contribution in [3.05, 3.63) is 41.4 Å². The second kappa shape index (κ2) is 4.33. The number of aromatic carboxylic acids is 1. The normalized spacial score (nSPS) is 10.8. The number of aromatic amines is 1. The van der Waals surface area contributed by atoms with Gasteiger partial charge in [0, 0.05) is 24.8 Å². The largest absolute Gasteiger partial charge is 0.478 e. The fraction of sp³-hybridized carbons (Fsp3) is 0. The van der Waals surface area contributed by atoms with Crippen LogP contribution in [0.3, 0.4) is 0 Å². The van der Waals surface area contributed by atoms with Crippen LogP contribution in [0.4, 0.5) is 0 Å². The molecule has 0 spiro atoms. The first-order chi connectivity index (χ1) is 9.18. The van der Waals surface area contributed by atoms with E-state index in [1.165, 1.54) is 12.4 Å². The van der Waals surface area contributed by atoms with Gasteiger partial charge in [0.15, 0.2) is 5.82 Å². The molecule has 6 nitrogen and oxygen atoms in total. The zero-order valence-electron chi connectivity index (χ0n) is 9.46. The number of nitrogens with zero attached hydrogens (tertiary/aromatic N) is 3. The molecule has 7 heteroatoms. The summed E-state index contributed by atoms with van der Waals surface area (Å²) in [6.07, 6.45) is 6.04. The van der Waals surface area contributed by atoms with Crippen LogP contribution < -0.4 is 0 Å². The summed E-state index contributed by atoms with van der Waals surface area (Å²) in [5.74, 6) is -0.666. The molecule has 0 unspecified atom stereocenters.